The molecular formula is C20H19ClF2N6. The number of nitrogen functional groups attached to an aromatic ring is 1. The molecule has 0 unspecified atom stereocenters. The Balaban J connectivity index is 1.50. The number of rotatable bonds is 4. The van der Waals surface area contributed by atoms with Crippen molar-refractivity contribution >= 4 is 40.3 Å². The molecule has 0 radical (unpaired) electrons. The van der Waals surface area contributed by atoms with Gasteiger partial charge in [-0.15, -0.1) is 0 Å². The molecule has 4 rings (SSSR count). The van der Waals surface area contributed by atoms with Crippen molar-refractivity contribution in [2.75, 3.05) is 47.0 Å². The molecule has 1 aliphatic rings. The van der Waals surface area contributed by atoms with Crippen molar-refractivity contribution in [1.82, 2.24) is 9.97 Å². The fourth-order valence-corrected chi connectivity index (χ4v) is 3.49. The maximum atomic E-state index is 13.9. The summed E-state index contributed by atoms with van der Waals surface area (Å²) in [4.78, 5) is 12.7. The van der Waals surface area contributed by atoms with Crippen LogP contribution in [-0.2, 0) is 0 Å². The monoisotopic (exact) mass is 416 g/mol. The quantitative estimate of drug-likeness (QED) is 0.668. The van der Waals surface area contributed by atoms with Crippen molar-refractivity contribution in [3.05, 3.63) is 65.4 Å². The Hall–Kier alpha value is -3.13. The molecule has 150 valence electrons. The van der Waals surface area contributed by atoms with Gasteiger partial charge in [-0.2, -0.15) is 0 Å². The van der Waals surface area contributed by atoms with E-state index in [0.29, 0.717) is 23.9 Å². The molecule has 0 atom stereocenters. The van der Waals surface area contributed by atoms with Gasteiger partial charge in [0.2, 0.25) is 0 Å². The number of piperazine rings is 1. The van der Waals surface area contributed by atoms with Gasteiger partial charge in [-0.25, -0.2) is 18.7 Å². The van der Waals surface area contributed by atoms with Gasteiger partial charge >= 0.3 is 0 Å². The molecule has 2 aromatic carbocycles. The summed E-state index contributed by atoms with van der Waals surface area (Å²) < 4.78 is 27.4. The summed E-state index contributed by atoms with van der Waals surface area (Å²) in [6, 6.07) is 10.9. The lowest BCUT2D eigenvalue weighted by Crippen LogP contribution is -2.47. The van der Waals surface area contributed by atoms with Gasteiger partial charge in [-0.1, -0.05) is 17.7 Å². The first-order valence-corrected chi connectivity index (χ1v) is 9.47. The highest BCUT2D eigenvalue weighted by atomic mass is 35.5. The van der Waals surface area contributed by atoms with Gasteiger partial charge in [0.25, 0.3) is 0 Å². The number of benzene rings is 2. The van der Waals surface area contributed by atoms with Crippen LogP contribution in [0.25, 0.3) is 0 Å². The summed E-state index contributed by atoms with van der Waals surface area (Å²) in [5, 5.41) is 3.46. The molecule has 0 amide bonds. The Morgan fingerprint density at radius 2 is 1.72 bits per heavy atom. The van der Waals surface area contributed by atoms with E-state index in [1.165, 1.54) is 6.33 Å². The first kappa shape index (κ1) is 19.2. The van der Waals surface area contributed by atoms with E-state index in [9.17, 15) is 8.78 Å². The van der Waals surface area contributed by atoms with Crippen molar-refractivity contribution in [2.45, 2.75) is 0 Å². The summed E-state index contributed by atoms with van der Waals surface area (Å²) >= 11 is 6.09. The van der Waals surface area contributed by atoms with Crippen molar-refractivity contribution < 1.29 is 8.78 Å². The molecule has 1 saturated heterocycles. The number of hydrogen-bond acceptors (Lipinski definition) is 6. The molecule has 3 aromatic rings. The second kappa shape index (κ2) is 8.08. The Morgan fingerprint density at radius 3 is 2.48 bits per heavy atom. The van der Waals surface area contributed by atoms with Gasteiger partial charge in [-0.05, 0) is 30.3 Å². The van der Waals surface area contributed by atoms with Crippen molar-refractivity contribution in [2.24, 2.45) is 0 Å². The minimum Gasteiger partial charge on any atom is -0.393 e. The topological polar surface area (TPSA) is 70.3 Å². The number of hydrogen-bond donors (Lipinski definition) is 2. The molecule has 1 aliphatic heterocycles. The van der Waals surface area contributed by atoms with Gasteiger partial charge in [-0.3, -0.25) is 0 Å². The molecule has 9 heteroatoms. The van der Waals surface area contributed by atoms with E-state index in [1.807, 2.05) is 29.2 Å². The third kappa shape index (κ3) is 4.17. The lowest BCUT2D eigenvalue weighted by molar-refractivity contribution is 0.603. The normalized spacial score (nSPS) is 14.2. The molecule has 2 heterocycles. The van der Waals surface area contributed by atoms with Crippen LogP contribution in [0.2, 0.25) is 5.02 Å². The van der Waals surface area contributed by atoms with E-state index < -0.39 is 11.6 Å². The van der Waals surface area contributed by atoms with E-state index in [2.05, 4.69) is 20.2 Å². The van der Waals surface area contributed by atoms with Crippen LogP contribution < -0.4 is 20.9 Å². The van der Waals surface area contributed by atoms with Gasteiger partial charge in [0.15, 0.2) is 11.6 Å². The predicted molar refractivity (Wildman–Crippen MR) is 112 cm³/mol. The number of aromatic nitrogens is 2. The van der Waals surface area contributed by atoms with Gasteiger partial charge in [0.1, 0.15) is 23.6 Å². The molecule has 6 nitrogen and oxygen atoms in total. The molecule has 0 spiro atoms. The SMILES string of the molecule is Nc1c(Nc2cc(F)ccc2F)ncnc1N1CCN(c2cccc(Cl)c2)CC1. The standard InChI is InChI=1S/C20H19ClF2N6/c21-13-2-1-3-15(10-13)28-6-8-29(9-7-28)20-18(24)19(25-12-26-20)27-17-11-14(22)4-5-16(17)23/h1-5,10-12H,6-9,24H2,(H,25,26,27). The second-order valence-electron chi connectivity index (χ2n) is 6.66. The average molecular weight is 417 g/mol. The Morgan fingerprint density at radius 1 is 0.966 bits per heavy atom. The third-order valence-corrected chi connectivity index (χ3v) is 5.03. The lowest BCUT2D eigenvalue weighted by Gasteiger charge is -2.37. The molecule has 0 aliphatic carbocycles. The van der Waals surface area contributed by atoms with Crippen molar-refractivity contribution in [3.63, 3.8) is 0 Å². The third-order valence-electron chi connectivity index (χ3n) is 4.80. The molecule has 0 saturated carbocycles. The molecule has 1 aromatic heterocycles. The van der Waals surface area contributed by atoms with Crippen LogP contribution in [0.5, 0.6) is 0 Å². The van der Waals surface area contributed by atoms with E-state index in [4.69, 9.17) is 17.3 Å². The van der Waals surface area contributed by atoms with Crippen LogP contribution in [0, 0.1) is 11.6 Å². The first-order chi connectivity index (χ1) is 14.0. The Kier molecular flexibility index (Phi) is 5.35. The zero-order valence-electron chi connectivity index (χ0n) is 15.4. The van der Waals surface area contributed by atoms with Crippen LogP contribution in [0.1, 0.15) is 0 Å². The smallest absolute Gasteiger partial charge is 0.159 e. The van der Waals surface area contributed by atoms with Crippen LogP contribution in [0.15, 0.2) is 48.8 Å². The summed E-state index contributed by atoms with van der Waals surface area (Å²) in [5.74, 6) is -0.359. The minimum absolute atomic E-state index is 0.0351. The number of nitrogens with one attached hydrogen (secondary N) is 1. The second-order valence-corrected chi connectivity index (χ2v) is 7.10. The summed E-state index contributed by atoms with van der Waals surface area (Å²) in [6.45, 7) is 2.93. The highest BCUT2D eigenvalue weighted by molar-refractivity contribution is 6.30. The largest absolute Gasteiger partial charge is 0.393 e. The number of nitrogens with two attached hydrogens (primary N) is 1. The van der Waals surface area contributed by atoms with Crippen molar-refractivity contribution in [3.8, 4) is 0 Å². The molecule has 1 fully saturated rings. The fraction of sp³-hybridized carbons (Fsp3) is 0.200. The van der Waals surface area contributed by atoms with Gasteiger partial charge in [0, 0.05) is 43.0 Å². The van der Waals surface area contributed by atoms with Gasteiger partial charge in [0.05, 0.1) is 5.69 Å². The minimum atomic E-state index is -0.596. The highest BCUT2D eigenvalue weighted by Gasteiger charge is 2.22. The Bertz CT molecular complexity index is 1020. The highest BCUT2D eigenvalue weighted by Crippen LogP contribution is 2.31. The molecule has 3 N–H and O–H groups in total. The van der Waals surface area contributed by atoms with Crippen LogP contribution in [-0.4, -0.2) is 36.1 Å². The maximum Gasteiger partial charge on any atom is 0.159 e. The average Bonchev–Trinajstić information content (AvgIpc) is 2.72. The van der Waals surface area contributed by atoms with E-state index in [1.54, 1.807) is 0 Å². The zero-order chi connectivity index (χ0) is 20.4. The van der Waals surface area contributed by atoms with Crippen LogP contribution in [0.4, 0.5) is 37.5 Å². The van der Waals surface area contributed by atoms with E-state index in [0.717, 1.165) is 37.0 Å². The summed E-state index contributed by atoms with van der Waals surface area (Å²) in [6.07, 6.45) is 1.36. The predicted octanol–water partition coefficient (Wildman–Crippen LogP) is 4.06. The maximum absolute atomic E-state index is 13.9. The fourth-order valence-electron chi connectivity index (χ4n) is 3.31. The Labute approximate surface area is 171 Å². The zero-order valence-corrected chi connectivity index (χ0v) is 16.2. The summed E-state index contributed by atoms with van der Waals surface area (Å²) in [7, 11) is 0. The van der Waals surface area contributed by atoms with Crippen LogP contribution in [0.3, 0.4) is 0 Å². The summed E-state index contributed by atoms with van der Waals surface area (Å²) in [5.41, 5.74) is 7.56. The first-order valence-electron chi connectivity index (χ1n) is 9.09. The molecule has 0 bridgehead atoms. The van der Waals surface area contributed by atoms with E-state index >= 15 is 0 Å². The molecule has 29 heavy (non-hydrogen) atoms. The van der Waals surface area contributed by atoms with Crippen molar-refractivity contribution in [1.29, 1.82) is 0 Å². The number of anilines is 5. The number of nitrogens with zero attached hydrogens (tertiary/aromatic N) is 4. The molecular weight excluding hydrogens is 398 g/mol. The van der Waals surface area contributed by atoms with Crippen LogP contribution >= 0.6 is 11.6 Å². The lowest BCUT2D eigenvalue weighted by atomic mass is 10.2. The number of halogens is 3. The van der Waals surface area contributed by atoms with Gasteiger partial charge < -0.3 is 20.9 Å². The van der Waals surface area contributed by atoms with E-state index in [-0.39, 0.29) is 17.2 Å².